The van der Waals surface area contributed by atoms with Crippen LogP contribution in [-0.4, -0.2) is 58.2 Å². The van der Waals surface area contributed by atoms with Crippen LogP contribution in [0.4, 0.5) is 0 Å². The van der Waals surface area contributed by atoms with Gasteiger partial charge in [-0.1, -0.05) is 12.1 Å². The van der Waals surface area contributed by atoms with Gasteiger partial charge in [0.15, 0.2) is 0 Å². The van der Waals surface area contributed by atoms with Gasteiger partial charge in [-0.15, -0.1) is 0 Å². The Kier molecular flexibility index (Phi) is 4.02. The van der Waals surface area contributed by atoms with Crippen LogP contribution in [0.5, 0.6) is 0 Å². The molecule has 0 aliphatic carbocycles. The fourth-order valence-corrected chi connectivity index (χ4v) is 3.96. The number of benzene rings is 1. The quantitative estimate of drug-likeness (QED) is 0.923. The molecule has 2 aliphatic rings. The molecule has 0 radical (unpaired) electrons. The summed E-state index contributed by atoms with van der Waals surface area (Å²) in [6.45, 7) is 7.03. The van der Waals surface area contributed by atoms with E-state index in [1.165, 1.54) is 0 Å². The van der Waals surface area contributed by atoms with Crippen molar-refractivity contribution in [2.75, 3.05) is 19.7 Å². The highest BCUT2D eigenvalue weighted by Crippen LogP contribution is 2.23. The molecular formula is C18H24N4O2. The highest BCUT2D eigenvalue weighted by Gasteiger charge is 2.36. The average Bonchev–Trinajstić information content (AvgIpc) is 3.07. The van der Waals surface area contributed by atoms with Crippen LogP contribution in [-0.2, 0) is 16.1 Å². The van der Waals surface area contributed by atoms with Gasteiger partial charge in [-0.05, 0) is 32.4 Å². The van der Waals surface area contributed by atoms with Gasteiger partial charge in [-0.3, -0.25) is 9.69 Å². The Balaban J connectivity index is 1.41. The van der Waals surface area contributed by atoms with E-state index >= 15 is 0 Å². The average molecular weight is 328 g/mol. The van der Waals surface area contributed by atoms with E-state index in [2.05, 4.69) is 22.1 Å². The Labute approximate surface area is 141 Å². The summed E-state index contributed by atoms with van der Waals surface area (Å²) in [6, 6.07) is 8.60. The van der Waals surface area contributed by atoms with Crippen molar-refractivity contribution in [3.05, 3.63) is 30.1 Å². The van der Waals surface area contributed by atoms with E-state index in [-0.39, 0.29) is 18.1 Å². The third kappa shape index (κ3) is 2.91. The fraction of sp³-hybridized carbons (Fsp3) is 0.556. The zero-order chi connectivity index (χ0) is 16.7. The zero-order valence-corrected chi connectivity index (χ0v) is 14.2. The molecule has 1 aromatic carbocycles. The molecule has 4 rings (SSSR count). The van der Waals surface area contributed by atoms with Gasteiger partial charge in [0, 0.05) is 25.2 Å². The summed E-state index contributed by atoms with van der Waals surface area (Å²) in [6.07, 6.45) is 1.26. The Bertz CT molecular complexity index is 757. The Morgan fingerprint density at radius 2 is 2.21 bits per heavy atom. The van der Waals surface area contributed by atoms with E-state index in [1.54, 1.807) is 0 Å². The van der Waals surface area contributed by atoms with E-state index < -0.39 is 0 Å². The summed E-state index contributed by atoms with van der Waals surface area (Å²) < 4.78 is 7.71. The number of hydrogen-bond donors (Lipinski definition) is 1. The number of imidazole rings is 1. The molecular weight excluding hydrogens is 304 g/mol. The van der Waals surface area contributed by atoms with Crippen molar-refractivity contribution in [2.24, 2.45) is 0 Å². The molecule has 3 atom stereocenters. The lowest BCUT2D eigenvalue weighted by atomic mass is 10.1. The van der Waals surface area contributed by atoms with Crippen LogP contribution in [0.2, 0.25) is 0 Å². The number of carbonyl (C=O) groups is 1. The van der Waals surface area contributed by atoms with Gasteiger partial charge in [0.25, 0.3) is 0 Å². The summed E-state index contributed by atoms with van der Waals surface area (Å²) in [5.41, 5.74) is 1.95. The van der Waals surface area contributed by atoms with Gasteiger partial charge in [0.1, 0.15) is 12.4 Å². The summed E-state index contributed by atoms with van der Waals surface area (Å²) in [5, 5.41) is 3.20. The number of amides is 1. The topological polar surface area (TPSA) is 59.4 Å². The minimum absolute atomic E-state index is 0.0556. The first-order valence-corrected chi connectivity index (χ1v) is 8.67. The summed E-state index contributed by atoms with van der Waals surface area (Å²) in [7, 11) is 0. The molecule has 1 amide bonds. The first-order chi connectivity index (χ1) is 11.6. The van der Waals surface area contributed by atoms with Crippen LogP contribution < -0.4 is 5.32 Å². The minimum Gasteiger partial charge on any atom is -0.376 e. The standard InChI is InChI=1S/C18H24N4O2/c1-12-8-21-9-14(7-15(21)11-24-12)20-18(23)10-22-13(2)19-16-5-3-4-6-17(16)22/h3-6,12,14-15H,7-11H2,1-2H3,(H,20,23)/t12-,14+,15+/m1/s1. The number of para-hydroxylation sites is 2. The Hall–Kier alpha value is -1.92. The first kappa shape index (κ1) is 15.6. The monoisotopic (exact) mass is 328 g/mol. The van der Waals surface area contributed by atoms with Crippen molar-refractivity contribution in [3.8, 4) is 0 Å². The van der Waals surface area contributed by atoms with E-state index in [4.69, 9.17) is 4.74 Å². The summed E-state index contributed by atoms with van der Waals surface area (Å²) in [4.78, 5) is 19.5. The Morgan fingerprint density at radius 3 is 3.08 bits per heavy atom. The van der Waals surface area contributed by atoms with Gasteiger partial charge < -0.3 is 14.6 Å². The van der Waals surface area contributed by atoms with Crippen molar-refractivity contribution < 1.29 is 9.53 Å². The highest BCUT2D eigenvalue weighted by molar-refractivity contribution is 5.81. The van der Waals surface area contributed by atoms with E-state index in [0.717, 1.165) is 43.0 Å². The predicted octanol–water partition coefficient (Wildman–Crippen LogP) is 1.32. The van der Waals surface area contributed by atoms with Crippen molar-refractivity contribution in [3.63, 3.8) is 0 Å². The number of aryl methyl sites for hydroxylation is 1. The molecule has 6 nitrogen and oxygen atoms in total. The fourth-order valence-electron chi connectivity index (χ4n) is 3.96. The number of ether oxygens (including phenoxy) is 1. The van der Waals surface area contributed by atoms with Crippen molar-refractivity contribution in [1.82, 2.24) is 19.8 Å². The molecule has 0 saturated carbocycles. The second kappa shape index (κ2) is 6.18. The molecule has 2 saturated heterocycles. The van der Waals surface area contributed by atoms with Gasteiger partial charge in [-0.25, -0.2) is 4.98 Å². The van der Waals surface area contributed by atoms with Gasteiger partial charge in [0.2, 0.25) is 5.91 Å². The maximum atomic E-state index is 12.5. The summed E-state index contributed by atoms with van der Waals surface area (Å²) in [5.74, 6) is 0.928. The SMILES string of the molecule is Cc1nc2ccccc2n1CC(=O)N[C@H]1C[C@H]2CO[C@H](C)CN2C1. The second-order valence-corrected chi connectivity index (χ2v) is 6.99. The normalized spacial score (nSPS) is 27.3. The van der Waals surface area contributed by atoms with E-state index in [0.29, 0.717) is 12.6 Å². The number of fused-ring (bicyclic) bond motifs is 2. The molecule has 1 aromatic heterocycles. The van der Waals surface area contributed by atoms with Crippen LogP contribution >= 0.6 is 0 Å². The second-order valence-electron chi connectivity index (χ2n) is 6.99. The van der Waals surface area contributed by atoms with Crippen molar-refractivity contribution in [1.29, 1.82) is 0 Å². The molecule has 2 fully saturated rings. The lowest BCUT2D eigenvalue weighted by Crippen LogP contribution is -2.45. The van der Waals surface area contributed by atoms with Gasteiger partial charge in [0.05, 0.1) is 23.7 Å². The number of morpholine rings is 1. The third-order valence-electron chi connectivity index (χ3n) is 5.10. The third-order valence-corrected chi connectivity index (χ3v) is 5.10. The van der Waals surface area contributed by atoms with Gasteiger partial charge >= 0.3 is 0 Å². The molecule has 6 heteroatoms. The predicted molar refractivity (Wildman–Crippen MR) is 91.8 cm³/mol. The molecule has 0 bridgehead atoms. The van der Waals surface area contributed by atoms with Crippen LogP contribution in [0, 0.1) is 6.92 Å². The number of nitrogens with one attached hydrogen (secondary N) is 1. The van der Waals surface area contributed by atoms with Crippen LogP contribution in [0.25, 0.3) is 11.0 Å². The minimum atomic E-state index is 0.0556. The molecule has 24 heavy (non-hydrogen) atoms. The largest absolute Gasteiger partial charge is 0.376 e. The van der Waals surface area contributed by atoms with E-state index in [9.17, 15) is 4.79 Å². The van der Waals surface area contributed by atoms with Crippen LogP contribution in [0.1, 0.15) is 19.2 Å². The summed E-state index contributed by atoms with van der Waals surface area (Å²) >= 11 is 0. The smallest absolute Gasteiger partial charge is 0.240 e. The van der Waals surface area contributed by atoms with Crippen LogP contribution in [0.3, 0.4) is 0 Å². The molecule has 0 spiro atoms. The maximum absolute atomic E-state index is 12.5. The number of rotatable bonds is 3. The molecule has 1 N–H and O–H groups in total. The number of aromatic nitrogens is 2. The lowest BCUT2D eigenvalue weighted by molar-refractivity contribution is -0.122. The number of nitrogens with zero attached hydrogens (tertiary/aromatic N) is 3. The number of hydrogen-bond acceptors (Lipinski definition) is 4. The molecule has 3 heterocycles. The first-order valence-electron chi connectivity index (χ1n) is 8.67. The zero-order valence-electron chi connectivity index (χ0n) is 14.2. The Morgan fingerprint density at radius 1 is 1.38 bits per heavy atom. The van der Waals surface area contributed by atoms with Crippen molar-refractivity contribution >= 4 is 16.9 Å². The van der Waals surface area contributed by atoms with Crippen LogP contribution in [0.15, 0.2) is 24.3 Å². The molecule has 2 aliphatic heterocycles. The van der Waals surface area contributed by atoms with Crippen molar-refractivity contribution in [2.45, 2.75) is 45.0 Å². The van der Waals surface area contributed by atoms with Gasteiger partial charge in [-0.2, -0.15) is 0 Å². The molecule has 128 valence electrons. The maximum Gasteiger partial charge on any atom is 0.240 e. The molecule has 2 aromatic rings. The lowest BCUT2D eigenvalue weighted by Gasteiger charge is -2.33. The number of carbonyl (C=O) groups excluding carboxylic acids is 1. The van der Waals surface area contributed by atoms with E-state index in [1.807, 2.05) is 35.8 Å². The highest BCUT2D eigenvalue weighted by atomic mass is 16.5. The molecule has 0 unspecified atom stereocenters.